The molecule has 18 heavy (non-hydrogen) atoms. The highest BCUT2D eigenvalue weighted by Gasteiger charge is 2.11. The van der Waals surface area contributed by atoms with Crippen LogP contribution in [-0.4, -0.2) is 14.8 Å². The Morgan fingerprint density at radius 3 is 2.78 bits per heavy atom. The minimum absolute atomic E-state index is 0.588. The van der Waals surface area contributed by atoms with Crippen LogP contribution in [0.25, 0.3) is 0 Å². The van der Waals surface area contributed by atoms with E-state index < -0.39 is 0 Å². The van der Waals surface area contributed by atoms with Crippen molar-refractivity contribution < 1.29 is 4.42 Å². The van der Waals surface area contributed by atoms with Gasteiger partial charge in [-0.3, -0.25) is 4.68 Å². The van der Waals surface area contributed by atoms with Crippen LogP contribution in [0, 0.1) is 6.92 Å². The van der Waals surface area contributed by atoms with Gasteiger partial charge in [-0.2, -0.15) is 5.10 Å². The molecule has 0 atom stereocenters. The van der Waals surface area contributed by atoms with E-state index in [4.69, 9.17) is 16.0 Å². The smallest absolute Gasteiger partial charge is 0.208 e. The first-order chi connectivity index (χ1) is 8.61. The topological polar surface area (TPSA) is 55.9 Å². The summed E-state index contributed by atoms with van der Waals surface area (Å²) in [6, 6.07) is 0. The second kappa shape index (κ2) is 5.54. The molecule has 0 spiro atoms. The highest BCUT2D eigenvalue weighted by atomic mass is 35.5. The van der Waals surface area contributed by atoms with Gasteiger partial charge in [-0.05, 0) is 6.92 Å². The predicted octanol–water partition coefficient (Wildman–Crippen LogP) is 2.22. The van der Waals surface area contributed by atoms with Crippen molar-refractivity contribution >= 4 is 11.6 Å². The van der Waals surface area contributed by atoms with Crippen LogP contribution in [0.5, 0.6) is 0 Å². The molecule has 2 aromatic rings. The van der Waals surface area contributed by atoms with Gasteiger partial charge in [0.15, 0.2) is 0 Å². The number of hydrogen-bond donors (Lipinski definition) is 1. The van der Waals surface area contributed by atoms with Gasteiger partial charge in [0.2, 0.25) is 5.89 Å². The molecule has 0 aliphatic carbocycles. The van der Waals surface area contributed by atoms with Gasteiger partial charge in [-0.25, -0.2) is 4.98 Å². The maximum absolute atomic E-state index is 6.14. The van der Waals surface area contributed by atoms with Gasteiger partial charge in [0.1, 0.15) is 10.9 Å². The average molecular weight is 269 g/mol. The van der Waals surface area contributed by atoms with Gasteiger partial charge in [-0.1, -0.05) is 18.5 Å². The van der Waals surface area contributed by atoms with Crippen molar-refractivity contribution in [1.82, 2.24) is 20.1 Å². The highest BCUT2D eigenvalue weighted by Crippen LogP contribution is 2.18. The van der Waals surface area contributed by atoms with Crippen LogP contribution < -0.4 is 5.32 Å². The van der Waals surface area contributed by atoms with Crippen LogP contribution in [0.3, 0.4) is 0 Å². The van der Waals surface area contributed by atoms with Gasteiger partial charge >= 0.3 is 0 Å². The lowest BCUT2D eigenvalue weighted by molar-refractivity contribution is 0.439. The van der Waals surface area contributed by atoms with E-state index in [2.05, 4.69) is 15.4 Å². The first-order valence-electron chi connectivity index (χ1n) is 5.94. The van der Waals surface area contributed by atoms with Gasteiger partial charge in [0.25, 0.3) is 0 Å². The van der Waals surface area contributed by atoms with E-state index in [1.54, 1.807) is 10.9 Å². The fourth-order valence-corrected chi connectivity index (χ4v) is 2.00. The van der Waals surface area contributed by atoms with Crippen LogP contribution in [0.4, 0.5) is 0 Å². The van der Waals surface area contributed by atoms with E-state index in [1.165, 1.54) is 0 Å². The molecule has 2 aromatic heterocycles. The summed E-state index contributed by atoms with van der Waals surface area (Å²) in [6.45, 7) is 5.23. The standard InChI is InChI=1S/C12H17ClN4O/c1-4-9-5-15-11(18-9)7-14-6-10-8(2)16-17(3)12(10)13/h5,14H,4,6-7H2,1-3H3. The van der Waals surface area contributed by atoms with Crippen molar-refractivity contribution in [3.8, 4) is 0 Å². The van der Waals surface area contributed by atoms with Crippen molar-refractivity contribution in [2.24, 2.45) is 7.05 Å². The van der Waals surface area contributed by atoms with Crippen LogP contribution in [-0.2, 0) is 26.6 Å². The average Bonchev–Trinajstić information content (AvgIpc) is 2.89. The number of hydrogen-bond acceptors (Lipinski definition) is 4. The molecule has 2 rings (SSSR count). The zero-order chi connectivity index (χ0) is 13.1. The maximum atomic E-state index is 6.14. The number of aromatic nitrogens is 3. The molecule has 0 aromatic carbocycles. The number of rotatable bonds is 5. The predicted molar refractivity (Wildman–Crippen MR) is 69.4 cm³/mol. The Bertz CT molecular complexity index is 532. The molecular formula is C12H17ClN4O. The third-order valence-corrected chi connectivity index (χ3v) is 3.27. The van der Waals surface area contributed by atoms with E-state index >= 15 is 0 Å². The van der Waals surface area contributed by atoms with Gasteiger partial charge in [0, 0.05) is 25.6 Å². The summed E-state index contributed by atoms with van der Waals surface area (Å²) in [6.07, 6.45) is 2.62. The molecule has 98 valence electrons. The van der Waals surface area contributed by atoms with Crippen LogP contribution in [0.1, 0.15) is 29.8 Å². The molecule has 0 saturated heterocycles. The minimum atomic E-state index is 0.588. The first kappa shape index (κ1) is 13.1. The summed E-state index contributed by atoms with van der Waals surface area (Å²) in [4.78, 5) is 4.19. The first-order valence-corrected chi connectivity index (χ1v) is 6.31. The summed E-state index contributed by atoms with van der Waals surface area (Å²) < 4.78 is 7.18. The van der Waals surface area contributed by atoms with E-state index in [-0.39, 0.29) is 0 Å². The van der Waals surface area contributed by atoms with Crippen molar-refractivity contribution in [3.05, 3.63) is 34.3 Å². The summed E-state index contributed by atoms with van der Waals surface area (Å²) >= 11 is 6.14. The molecule has 1 N–H and O–H groups in total. The number of nitrogens with zero attached hydrogens (tertiary/aromatic N) is 3. The lowest BCUT2D eigenvalue weighted by Gasteiger charge is -2.02. The normalized spacial score (nSPS) is 11.1. The van der Waals surface area contributed by atoms with Crippen molar-refractivity contribution in [2.45, 2.75) is 33.4 Å². The highest BCUT2D eigenvalue weighted by molar-refractivity contribution is 6.30. The number of halogens is 1. The Balaban J connectivity index is 1.92. The number of nitrogens with one attached hydrogen (secondary N) is 1. The van der Waals surface area contributed by atoms with Crippen molar-refractivity contribution in [2.75, 3.05) is 0 Å². The Morgan fingerprint density at radius 2 is 2.22 bits per heavy atom. The molecule has 6 heteroatoms. The molecule has 0 aliphatic heterocycles. The Hall–Kier alpha value is -1.33. The fourth-order valence-electron chi connectivity index (χ4n) is 1.76. The molecule has 0 radical (unpaired) electrons. The summed E-state index contributed by atoms with van der Waals surface area (Å²) in [5.74, 6) is 1.60. The lowest BCUT2D eigenvalue weighted by Crippen LogP contribution is -2.13. The summed E-state index contributed by atoms with van der Waals surface area (Å²) in [5, 5.41) is 8.18. The zero-order valence-electron chi connectivity index (χ0n) is 10.8. The summed E-state index contributed by atoms with van der Waals surface area (Å²) in [5.41, 5.74) is 1.96. The number of oxazole rings is 1. The fraction of sp³-hybridized carbons (Fsp3) is 0.500. The van der Waals surface area contributed by atoms with Gasteiger partial charge < -0.3 is 9.73 Å². The van der Waals surface area contributed by atoms with Gasteiger partial charge in [0.05, 0.1) is 18.4 Å². The van der Waals surface area contributed by atoms with Crippen LogP contribution in [0.2, 0.25) is 5.15 Å². The van der Waals surface area contributed by atoms with E-state index in [0.29, 0.717) is 24.1 Å². The van der Waals surface area contributed by atoms with E-state index in [1.807, 2.05) is 20.9 Å². The van der Waals surface area contributed by atoms with E-state index in [0.717, 1.165) is 23.4 Å². The Labute approximate surface area is 111 Å². The molecule has 2 heterocycles. The van der Waals surface area contributed by atoms with E-state index in [9.17, 15) is 0 Å². The number of aryl methyl sites for hydroxylation is 3. The third kappa shape index (κ3) is 2.73. The van der Waals surface area contributed by atoms with Crippen LogP contribution >= 0.6 is 11.6 Å². The molecule has 0 fully saturated rings. The Kier molecular flexibility index (Phi) is 4.04. The summed E-state index contributed by atoms with van der Waals surface area (Å²) in [7, 11) is 1.83. The van der Waals surface area contributed by atoms with Crippen molar-refractivity contribution in [1.29, 1.82) is 0 Å². The lowest BCUT2D eigenvalue weighted by atomic mass is 10.2. The van der Waals surface area contributed by atoms with Crippen LogP contribution in [0.15, 0.2) is 10.6 Å². The Morgan fingerprint density at radius 1 is 1.44 bits per heavy atom. The second-order valence-electron chi connectivity index (χ2n) is 4.16. The molecule has 0 amide bonds. The maximum Gasteiger partial charge on any atom is 0.208 e. The molecular weight excluding hydrogens is 252 g/mol. The SMILES string of the molecule is CCc1cnc(CNCc2c(C)nn(C)c2Cl)o1. The zero-order valence-corrected chi connectivity index (χ0v) is 11.6. The van der Waals surface area contributed by atoms with Crippen molar-refractivity contribution in [3.63, 3.8) is 0 Å². The quantitative estimate of drug-likeness (QED) is 0.903. The third-order valence-electron chi connectivity index (χ3n) is 2.80. The molecule has 0 bridgehead atoms. The minimum Gasteiger partial charge on any atom is -0.444 e. The molecule has 5 nitrogen and oxygen atoms in total. The second-order valence-corrected chi connectivity index (χ2v) is 4.51. The molecule has 0 saturated carbocycles. The van der Waals surface area contributed by atoms with Gasteiger partial charge in [-0.15, -0.1) is 0 Å². The largest absolute Gasteiger partial charge is 0.444 e. The molecule has 0 unspecified atom stereocenters. The molecule has 0 aliphatic rings. The monoisotopic (exact) mass is 268 g/mol.